The Morgan fingerprint density at radius 2 is 1.46 bits per heavy atom. The molecule has 0 spiro atoms. The number of alkyl halides is 3. The van der Waals surface area contributed by atoms with Crippen molar-refractivity contribution in [2.45, 2.75) is 6.18 Å². The Morgan fingerprint density at radius 3 is 2.27 bits per heavy atom. The molecule has 1 aromatic heterocycles. The zero-order chi connectivity index (χ0) is 28.6. The lowest BCUT2D eigenvalue weighted by Crippen LogP contribution is -2.20. The van der Waals surface area contributed by atoms with Crippen LogP contribution in [-0.4, -0.2) is 12.5 Å². The Bertz CT molecular complexity index is 1990. The van der Waals surface area contributed by atoms with Gasteiger partial charge in [-0.05, 0) is 46.5 Å². The number of hydrogen-bond acceptors (Lipinski definition) is 5. The number of carbonyl (C=O) groups excluding carboxylic acids is 1. The van der Waals surface area contributed by atoms with Crippen molar-refractivity contribution in [2.75, 3.05) is 11.9 Å². The molecule has 0 fully saturated rings. The highest BCUT2D eigenvalue weighted by Gasteiger charge is 2.40. The van der Waals surface area contributed by atoms with Gasteiger partial charge in [0.2, 0.25) is 11.2 Å². The van der Waals surface area contributed by atoms with Gasteiger partial charge in [0.25, 0.3) is 11.7 Å². The minimum absolute atomic E-state index is 0.0463. The molecule has 1 heterocycles. The van der Waals surface area contributed by atoms with Crippen molar-refractivity contribution in [1.82, 2.24) is 0 Å². The number of ether oxygens (including phenoxy) is 2. The van der Waals surface area contributed by atoms with Crippen molar-refractivity contribution < 1.29 is 31.9 Å². The molecule has 0 radical (unpaired) electrons. The number of amides is 1. The van der Waals surface area contributed by atoms with E-state index in [2.05, 4.69) is 5.32 Å². The standard InChI is InChI=1S/C32H20F3NO5/c33-32(34,35)31-30(40-23-13-12-19-6-1-2-8-21(19)16-23)29(38)25-15-14-22(17-27(25)41-31)39-18-28(37)36-26-11-5-9-20-7-3-4-10-24(20)26/h1-17H,18H2,(H,36,37). The summed E-state index contributed by atoms with van der Waals surface area (Å²) in [6, 6.07) is 28.7. The van der Waals surface area contributed by atoms with Crippen LogP contribution in [0.1, 0.15) is 5.76 Å². The van der Waals surface area contributed by atoms with E-state index in [4.69, 9.17) is 13.9 Å². The summed E-state index contributed by atoms with van der Waals surface area (Å²) in [5.41, 5.74) is -0.762. The summed E-state index contributed by atoms with van der Waals surface area (Å²) in [7, 11) is 0. The lowest BCUT2D eigenvalue weighted by atomic mass is 10.1. The molecular weight excluding hydrogens is 535 g/mol. The second-order valence-electron chi connectivity index (χ2n) is 9.22. The van der Waals surface area contributed by atoms with Crippen molar-refractivity contribution in [1.29, 1.82) is 0 Å². The maximum atomic E-state index is 14.0. The molecule has 204 valence electrons. The predicted octanol–water partition coefficient (Wildman–Crippen LogP) is 7.93. The normalized spacial score (nSPS) is 11.6. The van der Waals surface area contributed by atoms with Crippen molar-refractivity contribution >= 4 is 44.1 Å². The smallest absolute Gasteiger partial charge is 0.453 e. The Kier molecular flexibility index (Phi) is 6.55. The number of hydrogen-bond donors (Lipinski definition) is 1. The van der Waals surface area contributed by atoms with Gasteiger partial charge in [0.15, 0.2) is 6.61 Å². The number of benzene rings is 5. The van der Waals surface area contributed by atoms with Gasteiger partial charge in [0.05, 0.1) is 5.39 Å². The van der Waals surface area contributed by atoms with E-state index in [0.717, 1.165) is 27.6 Å². The van der Waals surface area contributed by atoms with Gasteiger partial charge >= 0.3 is 6.18 Å². The van der Waals surface area contributed by atoms with Crippen LogP contribution in [0, 0.1) is 0 Å². The Balaban J connectivity index is 1.26. The topological polar surface area (TPSA) is 77.8 Å². The van der Waals surface area contributed by atoms with Crippen molar-refractivity contribution in [3.05, 3.63) is 119 Å². The van der Waals surface area contributed by atoms with Crippen LogP contribution in [0.3, 0.4) is 0 Å². The van der Waals surface area contributed by atoms with Crippen LogP contribution in [0.5, 0.6) is 17.2 Å². The average Bonchev–Trinajstić information content (AvgIpc) is 2.97. The third-order valence-electron chi connectivity index (χ3n) is 6.45. The predicted molar refractivity (Wildman–Crippen MR) is 150 cm³/mol. The highest BCUT2D eigenvalue weighted by Crippen LogP contribution is 2.39. The molecule has 0 aliphatic carbocycles. The largest absolute Gasteiger partial charge is 0.484 e. The summed E-state index contributed by atoms with van der Waals surface area (Å²) < 4.78 is 58.1. The monoisotopic (exact) mass is 555 g/mol. The first-order valence-electron chi connectivity index (χ1n) is 12.5. The molecule has 6 nitrogen and oxygen atoms in total. The van der Waals surface area contributed by atoms with Crippen LogP contribution >= 0.6 is 0 Å². The summed E-state index contributed by atoms with van der Waals surface area (Å²) in [5.74, 6) is -2.92. The molecule has 0 aliphatic heterocycles. The summed E-state index contributed by atoms with van der Waals surface area (Å²) in [5, 5.41) is 6.01. The van der Waals surface area contributed by atoms with Crippen LogP contribution in [-0.2, 0) is 11.0 Å². The van der Waals surface area contributed by atoms with Crippen molar-refractivity contribution in [3.8, 4) is 17.2 Å². The summed E-state index contributed by atoms with van der Waals surface area (Å²) >= 11 is 0. The van der Waals surface area contributed by atoms with E-state index in [-0.39, 0.29) is 22.5 Å². The molecule has 0 aliphatic rings. The zero-order valence-corrected chi connectivity index (χ0v) is 21.2. The van der Waals surface area contributed by atoms with Gasteiger partial charge in [0, 0.05) is 17.1 Å². The van der Waals surface area contributed by atoms with Gasteiger partial charge in [-0.25, -0.2) is 0 Å². The number of rotatable bonds is 6. The Hall–Kier alpha value is -5.31. The van der Waals surface area contributed by atoms with Gasteiger partial charge in [-0.3, -0.25) is 9.59 Å². The highest BCUT2D eigenvalue weighted by molar-refractivity contribution is 6.02. The molecule has 0 atom stereocenters. The second-order valence-corrected chi connectivity index (χ2v) is 9.22. The lowest BCUT2D eigenvalue weighted by Gasteiger charge is -2.14. The molecule has 0 unspecified atom stereocenters. The molecule has 0 bridgehead atoms. The van der Waals surface area contributed by atoms with Crippen molar-refractivity contribution in [3.63, 3.8) is 0 Å². The van der Waals surface area contributed by atoms with E-state index in [9.17, 15) is 22.8 Å². The average molecular weight is 556 g/mol. The minimum atomic E-state index is -5.02. The first kappa shape index (κ1) is 25.9. The molecule has 0 saturated heterocycles. The van der Waals surface area contributed by atoms with Gasteiger partial charge in [0.1, 0.15) is 17.1 Å². The first-order chi connectivity index (χ1) is 19.8. The number of fused-ring (bicyclic) bond motifs is 3. The third-order valence-corrected chi connectivity index (χ3v) is 6.45. The molecule has 0 saturated carbocycles. The highest BCUT2D eigenvalue weighted by atomic mass is 19.4. The van der Waals surface area contributed by atoms with Crippen LogP contribution in [0.15, 0.2) is 112 Å². The molecule has 1 N–H and O–H groups in total. The van der Waals surface area contributed by atoms with Gasteiger partial charge in [-0.15, -0.1) is 0 Å². The van der Waals surface area contributed by atoms with Crippen LogP contribution < -0.4 is 20.2 Å². The molecule has 9 heteroatoms. The number of nitrogens with one attached hydrogen (secondary N) is 1. The fourth-order valence-corrected chi connectivity index (χ4v) is 4.54. The maximum Gasteiger partial charge on any atom is 0.453 e. The van der Waals surface area contributed by atoms with Crippen LogP contribution in [0.4, 0.5) is 18.9 Å². The van der Waals surface area contributed by atoms with E-state index in [0.29, 0.717) is 5.69 Å². The second kappa shape index (κ2) is 10.3. The molecular formula is C32H20F3NO5. The van der Waals surface area contributed by atoms with E-state index in [1.807, 2.05) is 42.5 Å². The quantitative estimate of drug-likeness (QED) is 0.226. The summed E-state index contributed by atoms with van der Waals surface area (Å²) in [6.45, 7) is -0.422. The molecule has 5 aromatic carbocycles. The fourth-order valence-electron chi connectivity index (χ4n) is 4.54. The van der Waals surface area contributed by atoms with Crippen LogP contribution in [0.25, 0.3) is 32.5 Å². The molecule has 1 amide bonds. The first-order valence-corrected chi connectivity index (χ1v) is 12.5. The minimum Gasteiger partial charge on any atom is -0.484 e. The molecule has 41 heavy (non-hydrogen) atoms. The summed E-state index contributed by atoms with van der Waals surface area (Å²) in [4.78, 5) is 25.7. The maximum absolute atomic E-state index is 14.0. The molecule has 6 rings (SSSR count). The SMILES string of the molecule is O=C(COc1ccc2c(=O)c(Oc3ccc4ccccc4c3)c(C(F)(F)F)oc2c1)Nc1cccc2ccccc12. The number of anilines is 1. The third kappa shape index (κ3) is 5.29. The van der Waals surface area contributed by atoms with E-state index in [1.54, 1.807) is 36.4 Å². The zero-order valence-electron chi connectivity index (χ0n) is 21.2. The van der Waals surface area contributed by atoms with Gasteiger partial charge in [-0.2, -0.15) is 13.2 Å². The van der Waals surface area contributed by atoms with E-state index in [1.165, 1.54) is 18.2 Å². The Morgan fingerprint density at radius 1 is 0.756 bits per heavy atom. The molecule has 6 aromatic rings. The summed E-state index contributed by atoms with van der Waals surface area (Å²) in [6.07, 6.45) is -5.02. The number of carbonyl (C=O) groups is 1. The Labute approximate surface area is 230 Å². The van der Waals surface area contributed by atoms with E-state index >= 15 is 0 Å². The van der Waals surface area contributed by atoms with Gasteiger partial charge < -0.3 is 19.2 Å². The van der Waals surface area contributed by atoms with E-state index < -0.39 is 35.6 Å². The lowest BCUT2D eigenvalue weighted by molar-refractivity contribution is -0.154. The number of halogens is 3. The fraction of sp³-hybridized carbons (Fsp3) is 0.0625. The van der Waals surface area contributed by atoms with Crippen molar-refractivity contribution in [2.24, 2.45) is 0 Å². The van der Waals surface area contributed by atoms with Crippen LogP contribution in [0.2, 0.25) is 0 Å². The van der Waals surface area contributed by atoms with Gasteiger partial charge in [-0.1, -0.05) is 66.7 Å².